The molecule has 0 unspecified atom stereocenters. The molecule has 82 valence electrons. The van der Waals surface area contributed by atoms with E-state index in [9.17, 15) is 0 Å². The molecule has 0 aromatic carbocycles. The van der Waals surface area contributed by atoms with E-state index in [0.717, 1.165) is 31.4 Å². The molecule has 15 heavy (non-hydrogen) atoms. The smallest absolute Gasteiger partial charge is 0.0789 e. The van der Waals surface area contributed by atoms with Crippen LogP contribution in [0.2, 0.25) is 10.0 Å². The molecule has 1 saturated carbocycles. The molecular formula is C11H14Cl2N2. The molecule has 1 fully saturated rings. The highest BCUT2D eigenvalue weighted by Gasteiger charge is 2.32. The number of halogens is 2. The molecule has 0 atom stereocenters. The highest BCUT2D eigenvalue weighted by atomic mass is 35.5. The number of aromatic nitrogens is 1. The fourth-order valence-electron chi connectivity index (χ4n) is 2.20. The molecule has 1 heterocycles. The SMILES string of the molecule is NC1(c2ncc(Cl)cc2Cl)CCCCC1. The molecule has 1 aliphatic carbocycles. The molecule has 1 aromatic heterocycles. The first-order chi connectivity index (χ1) is 7.12. The second-order valence-electron chi connectivity index (χ2n) is 4.20. The Hall–Kier alpha value is -0.310. The highest BCUT2D eigenvalue weighted by Crippen LogP contribution is 2.37. The molecule has 0 bridgehead atoms. The van der Waals surface area contributed by atoms with E-state index in [0.29, 0.717) is 10.0 Å². The number of rotatable bonds is 1. The summed E-state index contributed by atoms with van der Waals surface area (Å²) in [5.74, 6) is 0. The number of nitrogens with two attached hydrogens (primary N) is 1. The summed E-state index contributed by atoms with van der Waals surface area (Å²) in [5, 5.41) is 1.15. The summed E-state index contributed by atoms with van der Waals surface area (Å²) in [6.07, 6.45) is 7.09. The van der Waals surface area contributed by atoms with Crippen molar-refractivity contribution in [2.75, 3.05) is 0 Å². The van der Waals surface area contributed by atoms with Crippen LogP contribution in [0.3, 0.4) is 0 Å². The first-order valence-corrected chi connectivity index (χ1v) is 5.98. The topological polar surface area (TPSA) is 38.9 Å². The van der Waals surface area contributed by atoms with Gasteiger partial charge < -0.3 is 5.73 Å². The van der Waals surface area contributed by atoms with Crippen molar-refractivity contribution < 1.29 is 0 Å². The summed E-state index contributed by atoms with van der Waals surface area (Å²) in [4.78, 5) is 4.28. The van der Waals surface area contributed by atoms with Crippen molar-refractivity contribution in [1.29, 1.82) is 0 Å². The molecule has 2 rings (SSSR count). The summed E-state index contributed by atoms with van der Waals surface area (Å²) < 4.78 is 0. The van der Waals surface area contributed by atoms with Crippen LogP contribution in [-0.2, 0) is 5.54 Å². The van der Waals surface area contributed by atoms with Gasteiger partial charge in [0.1, 0.15) is 0 Å². The van der Waals surface area contributed by atoms with Crippen LogP contribution in [-0.4, -0.2) is 4.98 Å². The molecular weight excluding hydrogens is 231 g/mol. The van der Waals surface area contributed by atoms with Crippen molar-refractivity contribution >= 4 is 23.2 Å². The Bertz CT molecular complexity index is 360. The van der Waals surface area contributed by atoms with Gasteiger partial charge in [-0.15, -0.1) is 0 Å². The van der Waals surface area contributed by atoms with Gasteiger partial charge in [-0.1, -0.05) is 42.5 Å². The predicted molar refractivity (Wildman–Crippen MR) is 63.2 cm³/mol. The van der Waals surface area contributed by atoms with Gasteiger partial charge in [-0.3, -0.25) is 4.98 Å². The Morgan fingerprint density at radius 3 is 2.47 bits per heavy atom. The maximum absolute atomic E-state index is 6.34. The average molecular weight is 245 g/mol. The fourth-order valence-corrected chi connectivity index (χ4v) is 2.77. The lowest BCUT2D eigenvalue weighted by molar-refractivity contribution is 0.295. The summed E-state index contributed by atoms with van der Waals surface area (Å²) in [7, 11) is 0. The molecule has 1 aromatic rings. The highest BCUT2D eigenvalue weighted by molar-refractivity contribution is 6.34. The molecule has 2 N–H and O–H groups in total. The van der Waals surface area contributed by atoms with Crippen molar-refractivity contribution in [1.82, 2.24) is 4.98 Å². The van der Waals surface area contributed by atoms with Crippen LogP contribution in [0, 0.1) is 0 Å². The van der Waals surface area contributed by atoms with Crippen molar-refractivity contribution in [2.45, 2.75) is 37.6 Å². The van der Waals surface area contributed by atoms with Crippen LogP contribution >= 0.6 is 23.2 Å². The van der Waals surface area contributed by atoms with E-state index in [-0.39, 0.29) is 5.54 Å². The van der Waals surface area contributed by atoms with Gasteiger partial charge in [0.2, 0.25) is 0 Å². The van der Waals surface area contributed by atoms with Crippen LogP contribution < -0.4 is 5.73 Å². The van der Waals surface area contributed by atoms with E-state index in [4.69, 9.17) is 28.9 Å². The average Bonchev–Trinajstić information content (AvgIpc) is 2.18. The van der Waals surface area contributed by atoms with Crippen LogP contribution in [0.1, 0.15) is 37.8 Å². The Balaban J connectivity index is 2.35. The van der Waals surface area contributed by atoms with Gasteiger partial charge in [0.25, 0.3) is 0 Å². The molecule has 2 nitrogen and oxygen atoms in total. The van der Waals surface area contributed by atoms with Crippen LogP contribution in [0.15, 0.2) is 12.3 Å². The quantitative estimate of drug-likeness (QED) is 0.822. The Labute approximate surface area is 99.8 Å². The standard InChI is InChI=1S/C11H14Cl2N2/c12-8-6-9(13)10(15-7-8)11(14)4-2-1-3-5-11/h6-7H,1-5,14H2. The summed E-state index contributed by atoms with van der Waals surface area (Å²) in [5.41, 5.74) is 6.79. The van der Waals surface area contributed by atoms with Gasteiger partial charge in [-0.2, -0.15) is 0 Å². The van der Waals surface area contributed by atoms with E-state index < -0.39 is 0 Å². The zero-order valence-electron chi connectivity index (χ0n) is 8.47. The monoisotopic (exact) mass is 244 g/mol. The molecule has 0 radical (unpaired) electrons. The van der Waals surface area contributed by atoms with E-state index >= 15 is 0 Å². The second kappa shape index (κ2) is 4.28. The summed E-state index contributed by atoms with van der Waals surface area (Å²) in [6.45, 7) is 0. The van der Waals surface area contributed by atoms with Gasteiger partial charge >= 0.3 is 0 Å². The number of hydrogen-bond acceptors (Lipinski definition) is 2. The fraction of sp³-hybridized carbons (Fsp3) is 0.545. The van der Waals surface area contributed by atoms with Crippen LogP contribution in [0.4, 0.5) is 0 Å². The molecule has 0 amide bonds. The van der Waals surface area contributed by atoms with Gasteiger partial charge in [0.05, 0.1) is 21.3 Å². The van der Waals surface area contributed by atoms with Crippen LogP contribution in [0.25, 0.3) is 0 Å². The Morgan fingerprint density at radius 1 is 1.20 bits per heavy atom. The minimum atomic E-state index is -0.347. The maximum Gasteiger partial charge on any atom is 0.0789 e. The third-order valence-electron chi connectivity index (χ3n) is 3.03. The van der Waals surface area contributed by atoms with Crippen molar-refractivity contribution in [3.63, 3.8) is 0 Å². The number of hydrogen-bond donors (Lipinski definition) is 1. The second-order valence-corrected chi connectivity index (χ2v) is 5.04. The first kappa shape index (κ1) is 11.2. The van der Waals surface area contributed by atoms with Crippen molar-refractivity contribution in [3.05, 3.63) is 28.0 Å². The Kier molecular flexibility index (Phi) is 3.19. The number of pyridine rings is 1. The van der Waals surface area contributed by atoms with Gasteiger partial charge in [-0.25, -0.2) is 0 Å². The third kappa shape index (κ3) is 2.27. The lowest BCUT2D eigenvalue weighted by Crippen LogP contribution is -2.39. The minimum absolute atomic E-state index is 0.347. The summed E-state index contributed by atoms with van der Waals surface area (Å²) >= 11 is 11.9. The lowest BCUT2D eigenvalue weighted by Gasteiger charge is -2.33. The van der Waals surface area contributed by atoms with E-state index in [2.05, 4.69) is 4.98 Å². The minimum Gasteiger partial charge on any atom is -0.320 e. The molecule has 0 aliphatic heterocycles. The Morgan fingerprint density at radius 2 is 1.87 bits per heavy atom. The molecule has 4 heteroatoms. The van der Waals surface area contributed by atoms with E-state index in [1.165, 1.54) is 6.42 Å². The largest absolute Gasteiger partial charge is 0.320 e. The number of nitrogens with zero attached hydrogens (tertiary/aromatic N) is 1. The maximum atomic E-state index is 6.34. The van der Waals surface area contributed by atoms with Crippen molar-refractivity contribution in [3.8, 4) is 0 Å². The van der Waals surface area contributed by atoms with E-state index in [1.807, 2.05) is 0 Å². The molecule has 0 saturated heterocycles. The zero-order valence-corrected chi connectivity index (χ0v) is 9.98. The van der Waals surface area contributed by atoms with Gasteiger partial charge in [0, 0.05) is 6.20 Å². The first-order valence-electron chi connectivity index (χ1n) is 5.22. The summed E-state index contributed by atoms with van der Waals surface area (Å²) in [6, 6.07) is 1.72. The lowest BCUT2D eigenvalue weighted by atomic mass is 9.80. The van der Waals surface area contributed by atoms with Crippen LogP contribution in [0.5, 0.6) is 0 Å². The predicted octanol–water partition coefficient (Wildman–Crippen LogP) is 3.51. The van der Waals surface area contributed by atoms with Crippen molar-refractivity contribution in [2.24, 2.45) is 5.73 Å². The molecule has 1 aliphatic rings. The van der Waals surface area contributed by atoms with Gasteiger partial charge in [-0.05, 0) is 18.9 Å². The molecule has 0 spiro atoms. The van der Waals surface area contributed by atoms with E-state index in [1.54, 1.807) is 12.3 Å². The van der Waals surface area contributed by atoms with Gasteiger partial charge in [0.15, 0.2) is 0 Å². The zero-order chi connectivity index (χ0) is 10.9. The normalized spacial score (nSPS) is 20.2. The third-order valence-corrected chi connectivity index (χ3v) is 3.52.